The Kier molecular flexibility index (Phi) is 3.30. The standard InChI is InChI=1S/C12H12ClN3O/c13-11-5-10(6-15-7-11)12(8-14)1-3-16(9-17)4-2-12/h5-7,9H,1-4H2. The summed E-state index contributed by atoms with van der Waals surface area (Å²) in [7, 11) is 0. The number of pyridine rings is 1. The van der Waals surface area contributed by atoms with Crippen molar-refractivity contribution < 1.29 is 4.79 Å². The van der Waals surface area contributed by atoms with Gasteiger partial charge in [-0.3, -0.25) is 9.78 Å². The lowest BCUT2D eigenvalue weighted by molar-refractivity contribution is -0.119. The van der Waals surface area contributed by atoms with Gasteiger partial charge in [0.05, 0.1) is 16.5 Å². The van der Waals surface area contributed by atoms with Crippen LogP contribution in [0, 0.1) is 11.3 Å². The Morgan fingerprint density at radius 3 is 2.71 bits per heavy atom. The first kappa shape index (κ1) is 11.9. The fourth-order valence-electron chi connectivity index (χ4n) is 2.15. The van der Waals surface area contributed by atoms with Crippen LogP contribution >= 0.6 is 11.6 Å². The highest BCUT2D eigenvalue weighted by molar-refractivity contribution is 6.30. The van der Waals surface area contributed by atoms with Crippen LogP contribution in [0.2, 0.25) is 5.02 Å². The molecule has 0 bridgehead atoms. The molecule has 2 rings (SSSR count). The van der Waals surface area contributed by atoms with E-state index in [0.717, 1.165) is 12.0 Å². The van der Waals surface area contributed by atoms with Crippen LogP contribution in [0.1, 0.15) is 18.4 Å². The predicted molar refractivity (Wildman–Crippen MR) is 63.4 cm³/mol. The first-order chi connectivity index (χ1) is 8.20. The summed E-state index contributed by atoms with van der Waals surface area (Å²) in [6, 6.07) is 4.15. The summed E-state index contributed by atoms with van der Waals surface area (Å²) in [6.45, 7) is 1.20. The molecule has 1 aliphatic heterocycles. The number of hydrogen-bond donors (Lipinski definition) is 0. The fourth-order valence-corrected chi connectivity index (χ4v) is 2.32. The largest absolute Gasteiger partial charge is 0.345 e. The molecule has 2 heterocycles. The molecule has 0 saturated carbocycles. The van der Waals surface area contributed by atoms with Crippen molar-refractivity contribution in [3.8, 4) is 6.07 Å². The molecule has 0 aliphatic carbocycles. The monoisotopic (exact) mass is 249 g/mol. The average Bonchev–Trinajstić information content (AvgIpc) is 2.39. The molecule has 0 atom stereocenters. The van der Waals surface area contributed by atoms with Crippen LogP contribution in [0.25, 0.3) is 0 Å². The number of rotatable bonds is 2. The van der Waals surface area contributed by atoms with Crippen molar-refractivity contribution >= 4 is 18.0 Å². The van der Waals surface area contributed by atoms with Gasteiger partial charge >= 0.3 is 0 Å². The summed E-state index contributed by atoms with van der Waals surface area (Å²) >= 11 is 5.90. The van der Waals surface area contributed by atoms with Crippen molar-refractivity contribution in [3.63, 3.8) is 0 Å². The number of nitriles is 1. The highest BCUT2D eigenvalue weighted by Gasteiger charge is 2.36. The molecule has 1 amide bonds. The van der Waals surface area contributed by atoms with E-state index < -0.39 is 5.41 Å². The van der Waals surface area contributed by atoms with Crippen LogP contribution in [0.5, 0.6) is 0 Å². The van der Waals surface area contributed by atoms with E-state index in [9.17, 15) is 10.1 Å². The van der Waals surface area contributed by atoms with E-state index >= 15 is 0 Å². The molecule has 5 heteroatoms. The third-order valence-corrected chi connectivity index (χ3v) is 3.48. The van der Waals surface area contributed by atoms with E-state index in [2.05, 4.69) is 11.1 Å². The van der Waals surface area contributed by atoms with Gasteiger partial charge in [-0.15, -0.1) is 0 Å². The van der Waals surface area contributed by atoms with Crippen molar-refractivity contribution in [2.45, 2.75) is 18.3 Å². The highest BCUT2D eigenvalue weighted by Crippen LogP contribution is 2.35. The quantitative estimate of drug-likeness (QED) is 0.751. The van der Waals surface area contributed by atoms with E-state index in [0.29, 0.717) is 31.0 Å². The Morgan fingerprint density at radius 1 is 1.47 bits per heavy atom. The molecule has 0 spiro atoms. The molecule has 1 aliphatic rings. The number of carbonyl (C=O) groups is 1. The van der Waals surface area contributed by atoms with Gasteiger partial charge in [-0.1, -0.05) is 11.6 Å². The zero-order valence-electron chi connectivity index (χ0n) is 9.27. The first-order valence-corrected chi connectivity index (χ1v) is 5.80. The molecular weight excluding hydrogens is 238 g/mol. The SMILES string of the molecule is N#CC1(c2cncc(Cl)c2)CCN(C=O)CC1. The van der Waals surface area contributed by atoms with Crippen LogP contribution in [0.4, 0.5) is 0 Å². The van der Waals surface area contributed by atoms with Gasteiger partial charge in [0.2, 0.25) is 6.41 Å². The number of likely N-dealkylation sites (tertiary alicyclic amines) is 1. The highest BCUT2D eigenvalue weighted by atomic mass is 35.5. The molecule has 17 heavy (non-hydrogen) atoms. The maximum atomic E-state index is 10.7. The molecule has 4 nitrogen and oxygen atoms in total. The van der Waals surface area contributed by atoms with E-state index in [1.54, 1.807) is 23.4 Å². The van der Waals surface area contributed by atoms with Crippen LogP contribution in [0.3, 0.4) is 0 Å². The lowest BCUT2D eigenvalue weighted by atomic mass is 9.75. The Bertz CT molecular complexity index is 461. The van der Waals surface area contributed by atoms with Gasteiger partial charge in [0, 0.05) is 25.5 Å². The molecule has 0 N–H and O–H groups in total. The maximum Gasteiger partial charge on any atom is 0.209 e. The van der Waals surface area contributed by atoms with Gasteiger partial charge in [0.15, 0.2) is 0 Å². The molecule has 0 unspecified atom stereocenters. The minimum Gasteiger partial charge on any atom is -0.345 e. The van der Waals surface area contributed by atoms with Gasteiger partial charge in [0.1, 0.15) is 0 Å². The average molecular weight is 250 g/mol. The zero-order chi connectivity index (χ0) is 12.3. The summed E-state index contributed by atoms with van der Waals surface area (Å²) < 4.78 is 0. The Hall–Kier alpha value is -1.60. The van der Waals surface area contributed by atoms with Gasteiger partial charge in [-0.25, -0.2) is 0 Å². The molecule has 1 aromatic rings. The molecule has 1 saturated heterocycles. The van der Waals surface area contributed by atoms with Crippen molar-refractivity contribution in [2.75, 3.05) is 13.1 Å². The minimum absolute atomic E-state index is 0.537. The van der Waals surface area contributed by atoms with E-state index in [4.69, 9.17) is 11.6 Å². The topological polar surface area (TPSA) is 57.0 Å². The molecule has 1 fully saturated rings. The number of hydrogen-bond acceptors (Lipinski definition) is 3. The van der Waals surface area contributed by atoms with Crippen LogP contribution < -0.4 is 0 Å². The van der Waals surface area contributed by atoms with Crippen molar-refractivity contribution in [2.24, 2.45) is 0 Å². The Balaban J connectivity index is 2.28. The van der Waals surface area contributed by atoms with E-state index in [1.807, 2.05) is 0 Å². The lowest BCUT2D eigenvalue weighted by Gasteiger charge is -2.35. The second kappa shape index (κ2) is 4.72. The van der Waals surface area contributed by atoms with Gasteiger partial charge in [-0.2, -0.15) is 5.26 Å². The first-order valence-electron chi connectivity index (χ1n) is 5.42. The number of halogens is 1. The zero-order valence-corrected chi connectivity index (χ0v) is 10.0. The van der Waals surface area contributed by atoms with Crippen molar-refractivity contribution in [1.82, 2.24) is 9.88 Å². The smallest absolute Gasteiger partial charge is 0.209 e. The molecular formula is C12H12ClN3O. The minimum atomic E-state index is -0.558. The summed E-state index contributed by atoms with van der Waals surface area (Å²) in [6.07, 6.45) is 5.33. The third-order valence-electron chi connectivity index (χ3n) is 3.27. The van der Waals surface area contributed by atoms with Crippen LogP contribution in [-0.2, 0) is 10.2 Å². The van der Waals surface area contributed by atoms with E-state index in [1.165, 1.54) is 0 Å². The summed E-state index contributed by atoms with van der Waals surface area (Å²) in [5, 5.41) is 9.95. The third kappa shape index (κ3) is 2.25. The Labute approximate surface area is 105 Å². The predicted octanol–water partition coefficient (Wildman–Crippen LogP) is 1.75. The van der Waals surface area contributed by atoms with Gasteiger partial charge in [-0.05, 0) is 24.5 Å². The lowest BCUT2D eigenvalue weighted by Crippen LogP contribution is -2.41. The molecule has 0 aromatic carbocycles. The number of amides is 1. The van der Waals surface area contributed by atoms with Crippen LogP contribution in [0.15, 0.2) is 18.5 Å². The second-order valence-corrected chi connectivity index (χ2v) is 4.66. The Morgan fingerprint density at radius 2 is 2.18 bits per heavy atom. The molecule has 0 radical (unpaired) electrons. The normalized spacial score (nSPS) is 18.5. The second-order valence-electron chi connectivity index (χ2n) is 4.23. The maximum absolute atomic E-state index is 10.7. The number of piperidine rings is 1. The number of carbonyl (C=O) groups excluding carboxylic acids is 1. The van der Waals surface area contributed by atoms with Gasteiger partial charge in [0.25, 0.3) is 0 Å². The van der Waals surface area contributed by atoms with Crippen molar-refractivity contribution in [3.05, 3.63) is 29.0 Å². The molecule has 88 valence electrons. The van der Waals surface area contributed by atoms with Crippen molar-refractivity contribution in [1.29, 1.82) is 5.26 Å². The summed E-state index contributed by atoms with van der Waals surface area (Å²) in [4.78, 5) is 16.4. The van der Waals surface area contributed by atoms with E-state index in [-0.39, 0.29) is 0 Å². The summed E-state index contributed by atoms with van der Waals surface area (Å²) in [5.74, 6) is 0. The number of aromatic nitrogens is 1. The fraction of sp³-hybridized carbons (Fsp3) is 0.417. The number of nitrogens with zero attached hydrogens (tertiary/aromatic N) is 3. The summed E-state index contributed by atoms with van der Waals surface area (Å²) in [5.41, 5.74) is 0.287. The molecule has 1 aromatic heterocycles. The van der Waals surface area contributed by atoms with Gasteiger partial charge < -0.3 is 4.90 Å². The van der Waals surface area contributed by atoms with Crippen LogP contribution in [-0.4, -0.2) is 29.4 Å².